The second-order valence-corrected chi connectivity index (χ2v) is 9.72. The van der Waals surface area contributed by atoms with Gasteiger partial charge in [-0.25, -0.2) is 4.79 Å². The van der Waals surface area contributed by atoms with E-state index in [4.69, 9.17) is 0 Å². The molecule has 4 rings (SSSR count). The summed E-state index contributed by atoms with van der Waals surface area (Å²) < 4.78 is 0. The molecule has 0 saturated carbocycles. The third-order valence-corrected chi connectivity index (χ3v) is 6.60. The van der Waals surface area contributed by atoms with Gasteiger partial charge in [0.15, 0.2) is 0 Å². The summed E-state index contributed by atoms with van der Waals surface area (Å²) >= 11 is 1.37. The fourth-order valence-electron chi connectivity index (χ4n) is 3.41. The van der Waals surface area contributed by atoms with Gasteiger partial charge in [0.05, 0.1) is 5.56 Å². The number of fused-ring (bicyclic) bond motifs is 1. The number of carbonyl (C=O) groups excluding carboxylic acids is 3. The first kappa shape index (κ1) is 21.8. The second-order valence-electron chi connectivity index (χ2n) is 8.66. The number of hydrogen-bond acceptors (Lipinski definition) is 4. The highest BCUT2D eigenvalue weighted by atomic mass is 32.1. The van der Waals surface area contributed by atoms with Crippen LogP contribution in [0.4, 0.5) is 15.5 Å². The summed E-state index contributed by atoms with van der Waals surface area (Å²) in [5, 5.41) is 10.9. The number of piperazine rings is 1. The number of benzene rings is 2. The van der Waals surface area contributed by atoms with E-state index in [1.807, 2.05) is 63.2 Å². The smallest absolute Gasteiger partial charge is 0.324 e. The predicted molar refractivity (Wildman–Crippen MR) is 128 cm³/mol. The molecule has 32 heavy (non-hydrogen) atoms. The Hall–Kier alpha value is -3.39. The van der Waals surface area contributed by atoms with Gasteiger partial charge in [-0.05, 0) is 34.4 Å². The fourth-order valence-corrected chi connectivity index (χ4v) is 4.51. The molecular weight excluding hydrogens is 424 g/mol. The lowest BCUT2D eigenvalue weighted by molar-refractivity contribution is -0.120. The number of nitrogens with one attached hydrogen (secondary N) is 3. The van der Waals surface area contributed by atoms with Crippen LogP contribution in [0.2, 0.25) is 0 Å². The van der Waals surface area contributed by atoms with Gasteiger partial charge >= 0.3 is 6.03 Å². The van der Waals surface area contributed by atoms with Crippen LogP contribution in [-0.2, 0) is 10.2 Å². The number of amides is 4. The SMILES string of the molecule is CC(C)(C)c1cc(C(=O)N2[CH]C(=O)NCC2)c(NC(=O)Nc2ccc3ccccc3c2)s1. The molecule has 165 valence electrons. The maximum atomic E-state index is 13.1. The molecule has 0 bridgehead atoms. The number of urea groups is 1. The largest absolute Gasteiger partial charge is 0.352 e. The molecule has 1 fully saturated rings. The van der Waals surface area contributed by atoms with Crippen LogP contribution in [0.15, 0.2) is 48.5 Å². The molecule has 0 spiro atoms. The van der Waals surface area contributed by atoms with E-state index in [-0.39, 0.29) is 17.2 Å². The van der Waals surface area contributed by atoms with Crippen molar-refractivity contribution in [3.8, 4) is 0 Å². The highest BCUT2D eigenvalue weighted by molar-refractivity contribution is 7.16. The van der Waals surface area contributed by atoms with Crippen LogP contribution in [-0.4, -0.2) is 35.8 Å². The van der Waals surface area contributed by atoms with E-state index in [1.165, 1.54) is 22.8 Å². The standard InChI is InChI=1S/C24H25N4O3S/c1-24(2,3)19-13-18(22(30)28-11-10-25-20(29)14-28)21(32-19)27-23(31)26-17-9-8-15-6-4-5-7-16(15)12-17/h4-9,12-14H,10-11H2,1-3H3,(H,25,29)(H2,26,27,31). The van der Waals surface area contributed by atoms with Gasteiger partial charge in [-0.1, -0.05) is 51.1 Å². The van der Waals surface area contributed by atoms with Gasteiger partial charge in [0.1, 0.15) is 11.5 Å². The number of thiophene rings is 1. The molecule has 1 saturated heterocycles. The van der Waals surface area contributed by atoms with E-state index >= 15 is 0 Å². The first-order valence-corrected chi connectivity index (χ1v) is 11.2. The molecule has 1 radical (unpaired) electrons. The summed E-state index contributed by atoms with van der Waals surface area (Å²) in [4.78, 5) is 40.0. The van der Waals surface area contributed by atoms with Crippen LogP contribution in [0, 0.1) is 6.54 Å². The Morgan fingerprint density at radius 2 is 1.78 bits per heavy atom. The number of nitrogens with zero attached hydrogens (tertiary/aromatic N) is 1. The van der Waals surface area contributed by atoms with E-state index < -0.39 is 6.03 Å². The predicted octanol–water partition coefficient (Wildman–Crippen LogP) is 4.58. The van der Waals surface area contributed by atoms with Crippen molar-refractivity contribution in [3.05, 3.63) is 65.5 Å². The lowest BCUT2D eigenvalue weighted by Crippen LogP contribution is -2.46. The van der Waals surface area contributed by atoms with Gasteiger partial charge in [0.25, 0.3) is 5.91 Å². The molecule has 3 N–H and O–H groups in total. The Morgan fingerprint density at radius 3 is 2.50 bits per heavy atom. The number of rotatable bonds is 3. The minimum atomic E-state index is -0.433. The Labute approximate surface area is 190 Å². The molecule has 0 aliphatic carbocycles. The minimum Gasteiger partial charge on any atom is -0.352 e. The van der Waals surface area contributed by atoms with Gasteiger partial charge in [-0.3, -0.25) is 14.9 Å². The molecule has 1 aliphatic heterocycles. The molecule has 8 heteroatoms. The molecule has 1 aromatic heterocycles. The third kappa shape index (κ3) is 4.75. The molecule has 1 aliphatic rings. The molecule has 4 amide bonds. The van der Waals surface area contributed by atoms with Crippen LogP contribution in [0.1, 0.15) is 36.0 Å². The Morgan fingerprint density at radius 1 is 1.03 bits per heavy atom. The van der Waals surface area contributed by atoms with Crippen molar-refractivity contribution in [2.24, 2.45) is 0 Å². The summed E-state index contributed by atoms with van der Waals surface area (Å²) in [5.74, 6) is -0.618. The quantitative estimate of drug-likeness (QED) is 0.547. The maximum Gasteiger partial charge on any atom is 0.324 e. The van der Waals surface area contributed by atoms with Gasteiger partial charge < -0.3 is 15.5 Å². The molecule has 3 aromatic rings. The zero-order chi connectivity index (χ0) is 22.9. The highest BCUT2D eigenvalue weighted by Gasteiger charge is 2.29. The van der Waals surface area contributed by atoms with Gasteiger partial charge in [0, 0.05) is 23.7 Å². The Balaban J connectivity index is 1.57. The first-order chi connectivity index (χ1) is 15.2. The van der Waals surface area contributed by atoms with Gasteiger partial charge in [0.2, 0.25) is 5.91 Å². The lowest BCUT2D eigenvalue weighted by Gasteiger charge is -2.26. The van der Waals surface area contributed by atoms with E-state index in [9.17, 15) is 14.4 Å². The zero-order valence-electron chi connectivity index (χ0n) is 18.2. The van der Waals surface area contributed by atoms with Crippen LogP contribution >= 0.6 is 11.3 Å². The Kier molecular flexibility index (Phi) is 5.88. The molecular formula is C24H25N4O3S. The topological polar surface area (TPSA) is 90.5 Å². The molecule has 2 aromatic carbocycles. The summed E-state index contributed by atoms with van der Waals surface area (Å²) in [7, 11) is 0. The Bertz CT molecular complexity index is 1200. The van der Waals surface area contributed by atoms with E-state index in [1.54, 1.807) is 6.07 Å². The number of carbonyl (C=O) groups is 3. The number of anilines is 2. The molecule has 7 nitrogen and oxygen atoms in total. The van der Waals surface area contributed by atoms with E-state index in [0.29, 0.717) is 29.3 Å². The third-order valence-electron chi connectivity index (χ3n) is 5.12. The van der Waals surface area contributed by atoms with Gasteiger partial charge in [-0.2, -0.15) is 0 Å². The minimum absolute atomic E-state index is 0.197. The summed E-state index contributed by atoms with van der Waals surface area (Å²) in [6.45, 7) is 8.18. The number of hydrogen-bond donors (Lipinski definition) is 3. The van der Waals surface area contributed by atoms with Crippen molar-refractivity contribution < 1.29 is 14.4 Å². The molecule has 2 heterocycles. The summed E-state index contributed by atoms with van der Waals surface area (Å²) in [6, 6.07) is 15.0. The zero-order valence-corrected chi connectivity index (χ0v) is 19.0. The van der Waals surface area contributed by atoms with Crippen molar-refractivity contribution in [2.75, 3.05) is 23.7 Å². The van der Waals surface area contributed by atoms with Crippen LogP contribution in [0.3, 0.4) is 0 Å². The van der Waals surface area contributed by atoms with Crippen molar-refractivity contribution in [1.82, 2.24) is 10.2 Å². The molecule has 0 atom stereocenters. The van der Waals surface area contributed by atoms with Crippen molar-refractivity contribution >= 4 is 50.6 Å². The summed E-state index contributed by atoms with van der Waals surface area (Å²) in [6.07, 6.45) is 0. The van der Waals surface area contributed by atoms with Crippen LogP contribution in [0.5, 0.6) is 0 Å². The normalized spacial score (nSPS) is 14.2. The molecule has 0 unspecified atom stereocenters. The van der Waals surface area contributed by atoms with Crippen LogP contribution in [0.25, 0.3) is 10.8 Å². The fraction of sp³-hybridized carbons (Fsp3) is 0.250. The van der Waals surface area contributed by atoms with Crippen LogP contribution < -0.4 is 16.0 Å². The monoisotopic (exact) mass is 449 g/mol. The maximum absolute atomic E-state index is 13.1. The van der Waals surface area contributed by atoms with Gasteiger partial charge in [-0.15, -0.1) is 11.3 Å². The van der Waals surface area contributed by atoms with Crippen molar-refractivity contribution in [3.63, 3.8) is 0 Å². The lowest BCUT2D eigenvalue weighted by atomic mass is 9.94. The van der Waals surface area contributed by atoms with Crippen molar-refractivity contribution in [2.45, 2.75) is 26.2 Å². The second kappa shape index (κ2) is 8.63. The average Bonchev–Trinajstić information content (AvgIpc) is 3.17. The summed E-state index contributed by atoms with van der Waals surface area (Å²) in [5.41, 5.74) is 0.833. The van der Waals surface area contributed by atoms with E-state index in [0.717, 1.165) is 15.6 Å². The average molecular weight is 450 g/mol. The van der Waals surface area contributed by atoms with Crippen molar-refractivity contribution in [1.29, 1.82) is 0 Å². The highest BCUT2D eigenvalue weighted by Crippen LogP contribution is 2.37. The first-order valence-electron chi connectivity index (χ1n) is 10.4. The van der Waals surface area contributed by atoms with E-state index in [2.05, 4.69) is 16.0 Å².